The Morgan fingerprint density at radius 3 is 1.50 bits per heavy atom. The molecule has 10 heteroatoms. The van der Waals surface area contributed by atoms with Crippen LogP contribution in [-0.2, 0) is 30.5 Å². The smallest absolute Gasteiger partial charge is 0.368 e. The Bertz CT molecular complexity index is 1320. The lowest BCUT2D eigenvalue weighted by Gasteiger charge is -2.55. The topological polar surface area (TPSA) is 83.5 Å². The minimum atomic E-state index is -6.14. The highest BCUT2D eigenvalue weighted by Gasteiger charge is 2.56. The van der Waals surface area contributed by atoms with Gasteiger partial charge < -0.3 is 9.29 Å². The third-order valence-corrected chi connectivity index (χ3v) is 11.6. The van der Waals surface area contributed by atoms with Gasteiger partial charge in [0.1, 0.15) is 6.61 Å². The van der Waals surface area contributed by atoms with Crippen molar-refractivity contribution in [3.8, 4) is 0 Å². The zero-order valence-corrected chi connectivity index (χ0v) is 24.5. The molecule has 0 aliphatic heterocycles. The minimum Gasteiger partial charge on any atom is -0.743 e. The van der Waals surface area contributed by atoms with E-state index in [0.29, 0.717) is 37.0 Å². The van der Waals surface area contributed by atoms with Gasteiger partial charge in [-0.15, -0.1) is 0 Å². The molecule has 7 rings (SSSR count). The summed E-state index contributed by atoms with van der Waals surface area (Å²) in [4.78, 5) is 16.4. The van der Waals surface area contributed by atoms with Crippen LogP contribution in [0.3, 0.4) is 0 Å². The van der Waals surface area contributed by atoms with Crippen molar-refractivity contribution in [2.45, 2.75) is 64.6 Å². The summed E-state index contributed by atoms with van der Waals surface area (Å²) in [6, 6.07) is 32.2. The molecule has 0 aromatic heterocycles. The summed E-state index contributed by atoms with van der Waals surface area (Å²) in [6.45, 7) is -1.42. The van der Waals surface area contributed by atoms with Gasteiger partial charge in [0.05, 0.1) is 16.3 Å². The lowest BCUT2D eigenvalue weighted by atomic mass is 9.49. The summed E-state index contributed by atoms with van der Waals surface area (Å²) in [5, 5.41) is -5.10. The molecule has 0 amide bonds. The van der Waals surface area contributed by atoms with Gasteiger partial charge in [0.2, 0.25) is 6.17 Å². The van der Waals surface area contributed by atoms with Gasteiger partial charge in [-0.1, -0.05) is 54.6 Å². The van der Waals surface area contributed by atoms with Gasteiger partial charge in [-0.3, -0.25) is 4.79 Å². The highest BCUT2D eigenvalue weighted by molar-refractivity contribution is 7.97. The molecule has 4 bridgehead atoms. The van der Waals surface area contributed by atoms with E-state index in [-0.39, 0.29) is 10.9 Å². The first-order chi connectivity index (χ1) is 20.0. The van der Waals surface area contributed by atoms with E-state index >= 15 is 0 Å². The largest absolute Gasteiger partial charge is 0.743 e. The third kappa shape index (κ3) is 6.55. The number of carbonyl (C=O) groups excluding carboxylic acids is 1. The molecule has 4 fully saturated rings. The molecule has 1 unspecified atom stereocenters. The van der Waals surface area contributed by atoms with E-state index in [0.717, 1.165) is 19.3 Å². The molecule has 1 atom stereocenters. The molecule has 0 radical (unpaired) electrons. The fourth-order valence-corrected chi connectivity index (χ4v) is 9.48. The molecule has 4 aliphatic rings. The summed E-state index contributed by atoms with van der Waals surface area (Å²) in [5.74, 6) is 0.508. The van der Waals surface area contributed by atoms with Crippen LogP contribution in [0, 0.1) is 23.2 Å². The van der Waals surface area contributed by atoms with Crippen molar-refractivity contribution >= 4 is 27.0 Å². The van der Waals surface area contributed by atoms with Crippen LogP contribution >= 0.6 is 0 Å². The van der Waals surface area contributed by atoms with Crippen LogP contribution in [0.4, 0.5) is 13.2 Å². The van der Waals surface area contributed by atoms with Crippen molar-refractivity contribution < 1.29 is 35.7 Å². The summed E-state index contributed by atoms with van der Waals surface area (Å²) < 4.78 is 75.3. The molecular weight excluding hydrogens is 585 g/mol. The van der Waals surface area contributed by atoms with Gasteiger partial charge in [-0.25, -0.2) is 12.8 Å². The van der Waals surface area contributed by atoms with Gasteiger partial charge in [-0.05, 0) is 92.7 Å². The number of esters is 1. The standard InChI is InChI=1S/C18H15S.C14H19F3O5S/c1-4-10-16(11-5-1)19(17-12-6-2-7-13-17)18-14-8-3-9-15-18;15-11(14(16,17)23(19,20)21)7-22-12(18)13-4-8-1-9(5-13)3-10(2-8)6-13/h1-15H;8-11H,1-7H2,(H,19,20,21)/q+1;/p-1. The fraction of sp³-hybridized carbons (Fsp3) is 0.406. The van der Waals surface area contributed by atoms with Crippen LogP contribution in [0.25, 0.3) is 0 Å². The first-order valence-electron chi connectivity index (χ1n) is 14.0. The number of benzene rings is 3. The molecular formula is C32H33F3O5S2. The van der Waals surface area contributed by atoms with E-state index in [4.69, 9.17) is 0 Å². The van der Waals surface area contributed by atoms with Crippen molar-refractivity contribution in [2.75, 3.05) is 6.61 Å². The van der Waals surface area contributed by atoms with Crippen LogP contribution in [0.1, 0.15) is 38.5 Å². The molecule has 224 valence electrons. The maximum absolute atomic E-state index is 13.4. The quantitative estimate of drug-likeness (QED) is 0.154. The first-order valence-corrected chi connectivity index (χ1v) is 16.7. The molecule has 42 heavy (non-hydrogen) atoms. The molecule has 0 saturated heterocycles. The van der Waals surface area contributed by atoms with Gasteiger partial charge in [-0.2, -0.15) is 8.78 Å². The van der Waals surface area contributed by atoms with Gasteiger partial charge in [0.15, 0.2) is 24.8 Å². The van der Waals surface area contributed by atoms with Crippen molar-refractivity contribution in [2.24, 2.45) is 23.2 Å². The Kier molecular flexibility index (Phi) is 9.06. The van der Waals surface area contributed by atoms with E-state index < -0.39 is 39.5 Å². The van der Waals surface area contributed by atoms with E-state index in [9.17, 15) is 30.9 Å². The lowest BCUT2D eigenvalue weighted by molar-refractivity contribution is -0.175. The SMILES string of the molecule is O=C(OCC(F)C(F)(F)S(=O)(=O)[O-])C12CC3CC(CC(C3)C1)C2.c1ccc([S+](c2ccccc2)c2ccccc2)cc1. The normalized spacial score (nSPS) is 25.4. The highest BCUT2D eigenvalue weighted by atomic mass is 32.2. The molecule has 0 N–H and O–H groups in total. The second-order valence-electron chi connectivity index (χ2n) is 11.5. The predicted molar refractivity (Wildman–Crippen MR) is 153 cm³/mol. The Morgan fingerprint density at radius 2 is 1.17 bits per heavy atom. The van der Waals surface area contributed by atoms with Crippen molar-refractivity contribution in [1.82, 2.24) is 0 Å². The number of halogens is 3. The summed E-state index contributed by atoms with van der Waals surface area (Å²) >= 11 is 0. The Hall–Kier alpha value is -2.82. The Labute approximate surface area is 247 Å². The maximum atomic E-state index is 13.4. The fourth-order valence-electron chi connectivity index (χ4n) is 6.99. The second kappa shape index (κ2) is 12.4. The predicted octanol–water partition coefficient (Wildman–Crippen LogP) is 7.00. The Morgan fingerprint density at radius 1 is 0.810 bits per heavy atom. The molecule has 4 saturated carbocycles. The lowest BCUT2D eigenvalue weighted by Crippen LogP contribution is -2.51. The van der Waals surface area contributed by atoms with Crippen molar-refractivity contribution in [3.63, 3.8) is 0 Å². The van der Waals surface area contributed by atoms with Crippen LogP contribution in [0.5, 0.6) is 0 Å². The number of alkyl halides is 3. The van der Waals surface area contributed by atoms with Crippen LogP contribution in [0.15, 0.2) is 106 Å². The third-order valence-electron chi connectivity index (χ3n) is 8.47. The molecule has 0 spiro atoms. The van der Waals surface area contributed by atoms with E-state index in [1.165, 1.54) is 14.7 Å². The van der Waals surface area contributed by atoms with Crippen LogP contribution < -0.4 is 0 Å². The monoisotopic (exact) mass is 618 g/mol. The number of rotatable bonds is 8. The van der Waals surface area contributed by atoms with Crippen molar-refractivity contribution in [1.29, 1.82) is 0 Å². The molecule has 3 aromatic rings. The molecule has 5 nitrogen and oxygen atoms in total. The van der Waals surface area contributed by atoms with Gasteiger partial charge >= 0.3 is 11.2 Å². The number of hydrogen-bond acceptors (Lipinski definition) is 5. The van der Waals surface area contributed by atoms with Crippen LogP contribution in [-0.4, -0.2) is 37.0 Å². The minimum absolute atomic E-state index is 0.0146. The molecule has 0 heterocycles. The molecule has 4 aliphatic carbocycles. The van der Waals surface area contributed by atoms with E-state index in [1.807, 2.05) is 0 Å². The van der Waals surface area contributed by atoms with Crippen LogP contribution in [0.2, 0.25) is 0 Å². The summed E-state index contributed by atoms with van der Waals surface area (Å²) in [5.41, 5.74) is -0.750. The number of carbonyl (C=O) groups is 1. The zero-order chi connectivity index (χ0) is 30.0. The Balaban J connectivity index is 0.000000171. The van der Waals surface area contributed by atoms with E-state index in [2.05, 4.69) is 95.7 Å². The average Bonchev–Trinajstić information content (AvgIpc) is 2.96. The molecule has 3 aromatic carbocycles. The maximum Gasteiger partial charge on any atom is 0.368 e. The van der Waals surface area contributed by atoms with Crippen molar-refractivity contribution in [3.05, 3.63) is 91.0 Å². The zero-order valence-electron chi connectivity index (χ0n) is 22.9. The second-order valence-corrected chi connectivity index (χ2v) is 15.0. The number of hydrogen-bond donors (Lipinski definition) is 0. The summed E-state index contributed by atoms with van der Waals surface area (Å²) in [6.07, 6.45) is 1.67. The van der Waals surface area contributed by atoms with Gasteiger partial charge in [0, 0.05) is 0 Å². The average molecular weight is 619 g/mol. The van der Waals surface area contributed by atoms with E-state index in [1.54, 1.807) is 0 Å². The number of ether oxygens (including phenoxy) is 1. The summed E-state index contributed by atoms with van der Waals surface area (Å²) in [7, 11) is -6.16. The van der Waals surface area contributed by atoms with Gasteiger partial charge in [0.25, 0.3) is 0 Å². The first kappa shape index (κ1) is 30.6. The highest BCUT2D eigenvalue weighted by Crippen LogP contribution is 2.60.